The molecule has 0 radical (unpaired) electrons. The summed E-state index contributed by atoms with van der Waals surface area (Å²) < 4.78 is 0. The molecule has 4 atom stereocenters. The van der Waals surface area contributed by atoms with E-state index in [2.05, 4.69) is 16.4 Å². The van der Waals surface area contributed by atoms with Crippen LogP contribution in [0.3, 0.4) is 0 Å². The Kier molecular flexibility index (Phi) is 12.4. The van der Waals surface area contributed by atoms with Gasteiger partial charge in [0.1, 0.15) is 24.9 Å². The first-order valence-corrected chi connectivity index (χ1v) is 5.36. The molecule has 0 heterocycles. The Balaban J connectivity index is 0. The van der Waals surface area contributed by atoms with Crippen molar-refractivity contribution in [3.63, 3.8) is 0 Å². The van der Waals surface area contributed by atoms with Gasteiger partial charge in [-0.1, -0.05) is 6.08 Å². The van der Waals surface area contributed by atoms with Crippen molar-refractivity contribution in [3.05, 3.63) is 12.7 Å². The number of carbonyl (C=O) groups excluding carboxylic acids is 2. The van der Waals surface area contributed by atoms with E-state index in [0.717, 1.165) is 0 Å². The average Bonchev–Trinajstić information content (AvgIpc) is 2.36. The van der Waals surface area contributed by atoms with Crippen LogP contribution in [0.4, 0.5) is 0 Å². The monoisotopic (exact) mass is 280 g/mol. The van der Waals surface area contributed by atoms with Gasteiger partial charge in [0.15, 0.2) is 6.29 Å². The third kappa shape index (κ3) is 11.5. The number of hydrogen-bond acceptors (Lipinski definition) is 8. The molecular weight excluding hydrogens is 260 g/mol. The van der Waals surface area contributed by atoms with Gasteiger partial charge in [-0.2, -0.15) is 4.89 Å². The molecule has 0 spiro atoms. The van der Waals surface area contributed by atoms with E-state index in [1.807, 2.05) is 0 Å². The lowest BCUT2D eigenvalue weighted by Gasteiger charge is -2.21. The first-order chi connectivity index (χ1) is 8.77. The van der Waals surface area contributed by atoms with Crippen molar-refractivity contribution in [2.45, 2.75) is 38.3 Å². The number of carbonyl (C=O) groups is 2. The van der Waals surface area contributed by atoms with Crippen LogP contribution < -0.4 is 0 Å². The summed E-state index contributed by atoms with van der Waals surface area (Å²) in [5, 5.41) is 35.1. The zero-order valence-electron chi connectivity index (χ0n) is 10.8. The molecule has 19 heavy (non-hydrogen) atoms. The van der Waals surface area contributed by atoms with Crippen LogP contribution in [0.5, 0.6) is 0 Å². The first kappa shape index (κ1) is 20.0. The van der Waals surface area contributed by atoms with Gasteiger partial charge in [-0.05, 0) is 6.92 Å². The zero-order valence-corrected chi connectivity index (χ0v) is 10.8. The van der Waals surface area contributed by atoms with Gasteiger partial charge in [-0.3, -0.25) is 4.89 Å². The SMILES string of the molecule is C=CCOOC(C)=O.C[C@H](O)[C@@H](O)[C@@H](O)[C@H](O)C=O. The van der Waals surface area contributed by atoms with Crippen molar-refractivity contribution in [1.29, 1.82) is 0 Å². The third-order valence-corrected chi connectivity index (χ3v) is 1.70. The van der Waals surface area contributed by atoms with E-state index in [-0.39, 0.29) is 12.9 Å². The summed E-state index contributed by atoms with van der Waals surface area (Å²) in [6, 6.07) is 0. The van der Waals surface area contributed by atoms with Gasteiger partial charge in [-0.25, -0.2) is 4.79 Å². The number of hydrogen-bond donors (Lipinski definition) is 4. The summed E-state index contributed by atoms with van der Waals surface area (Å²) in [4.78, 5) is 28.2. The van der Waals surface area contributed by atoms with Gasteiger partial charge in [-0.15, -0.1) is 6.58 Å². The standard InChI is InChI=1S/C6H12O5.C5H8O3/c1-3(8)5(10)6(11)4(9)2-7;1-3-4-7-8-5(2)6/h2-6,8-11H,1H3;3H,1,4H2,2H3/t3-,4+,5+,6-;/m0./s1. The molecule has 0 bridgehead atoms. The van der Waals surface area contributed by atoms with Gasteiger partial charge in [0.2, 0.25) is 0 Å². The van der Waals surface area contributed by atoms with Crippen LogP contribution in [0, 0.1) is 0 Å². The Hall–Kier alpha value is -1.32. The van der Waals surface area contributed by atoms with E-state index in [1.165, 1.54) is 19.9 Å². The predicted octanol–water partition coefficient (Wildman–Crippen LogP) is -1.68. The second-order valence-electron chi connectivity index (χ2n) is 3.50. The molecule has 0 aliphatic carbocycles. The third-order valence-electron chi connectivity index (χ3n) is 1.70. The summed E-state index contributed by atoms with van der Waals surface area (Å²) in [6.45, 7) is 6.09. The lowest BCUT2D eigenvalue weighted by atomic mass is 10.1. The van der Waals surface area contributed by atoms with E-state index in [0.29, 0.717) is 0 Å². The lowest BCUT2D eigenvalue weighted by molar-refractivity contribution is -0.263. The van der Waals surface area contributed by atoms with E-state index in [9.17, 15) is 9.59 Å². The maximum Gasteiger partial charge on any atom is 0.339 e. The summed E-state index contributed by atoms with van der Waals surface area (Å²) >= 11 is 0. The molecule has 0 aliphatic heterocycles. The van der Waals surface area contributed by atoms with Crippen molar-refractivity contribution < 1.29 is 39.8 Å². The summed E-state index contributed by atoms with van der Waals surface area (Å²) in [5.74, 6) is -0.452. The fraction of sp³-hybridized carbons (Fsp3) is 0.636. The van der Waals surface area contributed by atoms with Crippen LogP contribution in [0.25, 0.3) is 0 Å². The molecule has 112 valence electrons. The highest BCUT2D eigenvalue weighted by Gasteiger charge is 2.27. The molecule has 0 aromatic heterocycles. The van der Waals surface area contributed by atoms with E-state index < -0.39 is 30.4 Å². The summed E-state index contributed by atoms with van der Waals surface area (Å²) in [5.41, 5.74) is 0. The van der Waals surface area contributed by atoms with Crippen molar-refractivity contribution in [2.75, 3.05) is 6.61 Å². The predicted molar refractivity (Wildman–Crippen MR) is 63.7 cm³/mol. The molecule has 0 saturated carbocycles. The Morgan fingerprint density at radius 1 is 1.26 bits per heavy atom. The molecule has 0 fully saturated rings. The quantitative estimate of drug-likeness (QED) is 0.143. The van der Waals surface area contributed by atoms with Gasteiger partial charge in [0.05, 0.1) is 6.10 Å². The fourth-order valence-electron chi connectivity index (χ4n) is 0.733. The largest absolute Gasteiger partial charge is 0.391 e. The minimum Gasteiger partial charge on any atom is -0.391 e. The zero-order chi connectivity index (χ0) is 15.4. The van der Waals surface area contributed by atoms with E-state index in [1.54, 1.807) is 0 Å². The molecule has 0 unspecified atom stereocenters. The number of aliphatic hydroxyl groups excluding tert-OH is 4. The lowest BCUT2D eigenvalue weighted by Crippen LogP contribution is -2.43. The molecule has 0 aromatic carbocycles. The Bertz CT molecular complexity index is 265. The van der Waals surface area contributed by atoms with Crippen LogP contribution in [0.1, 0.15) is 13.8 Å². The topological polar surface area (TPSA) is 134 Å². The van der Waals surface area contributed by atoms with Gasteiger partial charge < -0.3 is 25.2 Å². The molecular formula is C11H20O8. The fourth-order valence-corrected chi connectivity index (χ4v) is 0.733. The molecule has 0 rings (SSSR count). The van der Waals surface area contributed by atoms with Gasteiger partial charge in [0.25, 0.3) is 0 Å². The van der Waals surface area contributed by atoms with Crippen molar-refractivity contribution in [3.8, 4) is 0 Å². The van der Waals surface area contributed by atoms with Crippen molar-refractivity contribution in [1.82, 2.24) is 0 Å². The highest BCUT2D eigenvalue weighted by molar-refractivity contribution is 5.65. The highest BCUT2D eigenvalue weighted by atomic mass is 17.2. The minimum atomic E-state index is -1.65. The van der Waals surface area contributed by atoms with Gasteiger partial charge >= 0.3 is 5.97 Å². The van der Waals surface area contributed by atoms with Crippen LogP contribution in [0.2, 0.25) is 0 Å². The van der Waals surface area contributed by atoms with Crippen molar-refractivity contribution in [2.24, 2.45) is 0 Å². The molecule has 0 saturated heterocycles. The van der Waals surface area contributed by atoms with Gasteiger partial charge in [0, 0.05) is 6.92 Å². The number of aldehydes is 1. The maximum atomic E-state index is 9.94. The Morgan fingerprint density at radius 3 is 2.11 bits per heavy atom. The minimum absolute atomic E-state index is 0.0935. The smallest absolute Gasteiger partial charge is 0.339 e. The van der Waals surface area contributed by atoms with Crippen LogP contribution in [0.15, 0.2) is 12.7 Å². The molecule has 0 amide bonds. The molecule has 8 nitrogen and oxygen atoms in total. The Morgan fingerprint density at radius 2 is 1.79 bits per heavy atom. The van der Waals surface area contributed by atoms with E-state index >= 15 is 0 Å². The average molecular weight is 280 g/mol. The normalized spacial score (nSPS) is 16.1. The van der Waals surface area contributed by atoms with E-state index in [4.69, 9.17) is 20.4 Å². The molecule has 0 aliphatic rings. The molecule has 4 N–H and O–H groups in total. The molecule has 0 aromatic rings. The first-order valence-electron chi connectivity index (χ1n) is 5.36. The number of aliphatic hydroxyl groups is 4. The second kappa shape index (κ2) is 11.8. The summed E-state index contributed by atoms with van der Waals surface area (Å²) in [7, 11) is 0. The van der Waals surface area contributed by atoms with Crippen LogP contribution in [-0.4, -0.2) is 63.7 Å². The van der Waals surface area contributed by atoms with Crippen LogP contribution >= 0.6 is 0 Å². The highest BCUT2D eigenvalue weighted by Crippen LogP contribution is 2.02. The van der Waals surface area contributed by atoms with Crippen LogP contribution in [-0.2, 0) is 19.4 Å². The van der Waals surface area contributed by atoms with Crippen molar-refractivity contribution >= 4 is 12.3 Å². The Labute approximate surface area is 110 Å². The summed E-state index contributed by atoms with van der Waals surface area (Å²) in [6.07, 6.45) is -4.39. The molecule has 8 heteroatoms. The number of rotatable bonds is 7. The second-order valence-corrected chi connectivity index (χ2v) is 3.50. The maximum absolute atomic E-state index is 9.94.